The summed E-state index contributed by atoms with van der Waals surface area (Å²) in [5.74, 6) is -0.899. The molecule has 146 valence electrons. The molecule has 0 bridgehead atoms. The second-order valence-electron chi connectivity index (χ2n) is 6.23. The van der Waals surface area contributed by atoms with E-state index in [-0.39, 0.29) is 16.5 Å². The number of benzene rings is 3. The fourth-order valence-electron chi connectivity index (χ4n) is 2.84. The normalized spacial score (nSPS) is 11.3. The second kappa shape index (κ2) is 7.36. The molecule has 29 heavy (non-hydrogen) atoms. The van der Waals surface area contributed by atoms with Crippen LogP contribution < -0.4 is 10.0 Å². The quantitative estimate of drug-likeness (QED) is 0.466. The van der Waals surface area contributed by atoms with Crippen LogP contribution in [0.3, 0.4) is 0 Å². The molecule has 0 fully saturated rings. The Bertz CT molecular complexity index is 1300. The number of H-pyrrole nitrogens is 1. The van der Waals surface area contributed by atoms with Gasteiger partial charge in [-0.1, -0.05) is 18.2 Å². The standard InChI is InChI=1S/C20H15FN4O3S/c21-14-4-2-5-16(11-14)25-29(27,28)17-9-7-15(8-10-17)23-20(26)18-6-1-3-13-12-22-24-19(13)18/h1-12,25H,(H,22,24)(H,23,26). The van der Waals surface area contributed by atoms with E-state index in [1.54, 1.807) is 18.3 Å². The predicted molar refractivity (Wildman–Crippen MR) is 108 cm³/mol. The molecule has 7 nitrogen and oxygen atoms in total. The zero-order valence-electron chi connectivity index (χ0n) is 14.9. The average Bonchev–Trinajstić information content (AvgIpc) is 3.17. The zero-order chi connectivity index (χ0) is 20.4. The number of amides is 1. The van der Waals surface area contributed by atoms with Gasteiger partial charge in [0.2, 0.25) is 0 Å². The lowest BCUT2D eigenvalue weighted by molar-refractivity contribution is 0.102. The van der Waals surface area contributed by atoms with Crippen molar-refractivity contribution in [1.29, 1.82) is 0 Å². The van der Waals surface area contributed by atoms with Crippen LogP contribution in [-0.4, -0.2) is 24.5 Å². The van der Waals surface area contributed by atoms with Crippen molar-refractivity contribution in [1.82, 2.24) is 10.2 Å². The summed E-state index contributed by atoms with van der Waals surface area (Å²) in [7, 11) is -3.89. The molecule has 1 aromatic heterocycles. The number of nitrogens with one attached hydrogen (secondary N) is 3. The van der Waals surface area contributed by atoms with Gasteiger partial charge in [0.05, 0.1) is 27.9 Å². The van der Waals surface area contributed by atoms with Crippen LogP contribution in [0.15, 0.2) is 77.8 Å². The van der Waals surface area contributed by atoms with Crippen LogP contribution in [0.2, 0.25) is 0 Å². The fraction of sp³-hybridized carbons (Fsp3) is 0. The van der Waals surface area contributed by atoms with Gasteiger partial charge in [-0.05, 0) is 48.5 Å². The molecule has 0 unspecified atom stereocenters. The van der Waals surface area contributed by atoms with Gasteiger partial charge in [-0.15, -0.1) is 0 Å². The van der Waals surface area contributed by atoms with Crippen molar-refractivity contribution in [3.63, 3.8) is 0 Å². The van der Waals surface area contributed by atoms with Crippen LogP contribution in [0, 0.1) is 5.82 Å². The van der Waals surface area contributed by atoms with Gasteiger partial charge in [0.15, 0.2) is 0 Å². The molecule has 3 N–H and O–H groups in total. The van der Waals surface area contributed by atoms with Gasteiger partial charge in [0.1, 0.15) is 5.82 Å². The third kappa shape index (κ3) is 3.94. The summed E-state index contributed by atoms with van der Waals surface area (Å²) in [5, 5.41) is 10.2. The molecule has 1 amide bonds. The Hall–Kier alpha value is -3.72. The van der Waals surface area contributed by atoms with Crippen LogP contribution in [-0.2, 0) is 10.0 Å². The van der Waals surface area contributed by atoms with E-state index >= 15 is 0 Å². The summed E-state index contributed by atoms with van der Waals surface area (Å²) in [6.45, 7) is 0. The van der Waals surface area contributed by atoms with Crippen molar-refractivity contribution in [3.8, 4) is 0 Å². The van der Waals surface area contributed by atoms with E-state index < -0.39 is 15.8 Å². The van der Waals surface area contributed by atoms with Crippen LogP contribution in [0.25, 0.3) is 10.9 Å². The van der Waals surface area contributed by atoms with Crippen molar-refractivity contribution in [2.75, 3.05) is 10.0 Å². The topological polar surface area (TPSA) is 104 Å². The lowest BCUT2D eigenvalue weighted by Gasteiger charge is -2.10. The third-order valence-corrected chi connectivity index (χ3v) is 5.62. The number of carbonyl (C=O) groups is 1. The first-order chi connectivity index (χ1) is 13.9. The molecule has 4 rings (SSSR count). The number of para-hydroxylation sites is 1. The zero-order valence-corrected chi connectivity index (χ0v) is 15.7. The van der Waals surface area contributed by atoms with E-state index in [2.05, 4.69) is 20.2 Å². The highest BCUT2D eigenvalue weighted by Crippen LogP contribution is 2.21. The van der Waals surface area contributed by atoms with Crippen LogP contribution in [0.5, 0.6) is 0 Å². The average molecular weight is 410 g/mol. The summed E-state index contributed by atoms with van der Waals surface area (Å²) in [6, 6.07) is 16.1. The number of aromatic nitrogens is 2. The van der Waals surface area contributed by atoms with Gasteiger partial charge >= 0.3 is 0 Å². The largest absolute Gasteiger partial charge is 0.322 e. The summed E-state index contributed by atoms with van der Waals surface area (Å²) >= 11 is 0. The number of nitrogens with zero attached hydrogens (tertiary/aromatic N) is 1. The van der Waals surface area contributed by atoms with Crippen LogP contribution in [0.1, 0.15) is 10.4 Å². The minimum atomic E-state index is -3.89. The van der Waals surface area contributed by atoms with E-state index in [4.69, 9.17) is 0 Å². The highest BCUT2D eigenvalue weighted by atomic mass is 32.2. The number of anilines is 2. The number of rotatable bonds is 5. The van der Waals surface area contributed by atoms with E-state index in [1.165, 1.54) is 42.5 Å². The Labute approximate surface area is 165 Å². The molecule has 4 aromatic rings. The van der Waals surface area contributed by atoms with Crippen molar-refractivity contribution in [2.24, 2.45) is 0 Å². The van der Waals surface area contributed by atoms with Crippen molar-refractivity contribution < 1.29 is 17.6 Å². The highest BCUT2D eigenvalue weighted by molar-refractivity contribution is 7.92. The maximum Gasteiger partial charge on any atom is 0.261 e. The molecule has 3 aromatic carbocycles. The number of hydrogen-bond donors (Lipinski definition) is 3. The van der Waals surface area contributed by atoms with Gasteiger partial charge in [-0.2, -0.15) is 5.10 Å². The van der Waals surface area contributed by atoms with Gasteiger partial charge in [0.25, 0.3) is 15.9 Å². The van der Waals surface area contributed by atoms with Gasteiger partial charge in [-0.3, -0.25) is 14.6 Å². The number of sulfonamides is 1. The summed E-state index contributed by atoms with van der Waals surface area (Å²) < 4.78 is 40.5. The molecule has 0 aliphatic rings. The van der Waals surface area contributed by atoms with Gasteiger partial charge in [0, 0.05) is 11.1 Å². The van der Waals surface area contributed by atoms with Crippen LogP contribution >= 0.6 is 0 Å². The Morgan fingerprint density at radius 3 is 2.48 bits per heavy atom. The molecule has 0 atom stereocenters. The molecule has 0 saturated heterocycles. The molecule has 1 heterocycles. The molecule has 0 aliphatic carbocycles. The lowest BCUT2D eigenvalue weighted by atomic mass is 10.1. The number of carbonyl (C=O) groups excluding carboxylic acids is 1. The Balaban J connectivity index is 1.51. The lowest BCUT2D eigenvalue weighted by Crippen LogP contribution is -2.14. The second-order valence-corrected chi connectivity index (χ2v) is 7.92. The van der Waals surface area contributed by atoms with Crippen molar-refractivity contribution >= 4 is 38.2 Å². The first-order valence-electron chi connectivity index (χ1n) is 8.54. The molecule has 0 aliphatic heterocycles. The van der Waals surface area contributed by atoms with Gasteiger partial charge in [-0.25, -0.2) is 12.8 Å². The molecule has 0 spiro atoms. The van der Waals surface area contributed by atoms with E-state index in [0.717, 1.165) is 11.5 Å². The van der Waals surface area contributed by atoms with Crippen molar-refractivity contribution in [2.45, 2.75) is 4.90 Å². The van der Waals surface area contributed by atoms with Crippen LogP contribution in [0.4, 0.5) is 15.8 Å². The highest BCUT2D eigenvalue weighted by Gasteiger charge is 2.16. The van der Waals surface area contributed by atoms with E-state index in [1.807, 2.05) is 6.07 Å². The smallest absolute Gasteiger partial charge is 0.261 e. The number of fused-ring (bicyclic) bond motifs is 1. The summed E-state index contributed by atoms with van der Waals surface area (Å²) in [5.41, 5.74) is 1.58. The Morgan fingerprint density at radius 1 is 0.966 bits per heavy atom. The summed E-state index contributed by atoms with van der Waals surface area (Å²) in [4.78, 5) is 12.5. The Kier molecular flexibility index (Phi) is 4.73. The molecular weight excluding hydrogens is 395 g/mol. The number of aromatic amines is 1. The number of halogens is 1. The maximum atomic E-state index is 13.3. The molecule has 0 saturated carbocycles. The predicted octanol–water partition coefficient (Wildman–Crippen LogP) is 3.76. The minimum absolute atomic E-state index is 0.0181. The number of hydrogen-bond acceptors (Lipinski definition) is 4. The van der Waals surface area contributed by atoms with E-state index in [9.17, 15) is 17.6 Å². The fourth-order valence-corrected chi connectivity index (χ4v) is 3.89. The Morgan fingerprint density at radius 2 is 1.72 bits per heavy atom. The third-order valence-electron chi connectivity index (χ3n) is 4.22. The van der Waals surface area contributed by atoms with Gasteiger partial charge < -0.3 is 5.32 Å². The summed E-state index contributed by atoms with van der Waals surface area (Å²) in [6.07, 6.45) is 1.62. The molecule has 0 radical (unpaired) electrons. The maximum absolute atomic E-state index is 13.3. The van der Waals surface area contributed by atoms with E-state index in [0.29, 0.717) is 16.8 Å². The monoisotopic (exact) mass is 410 g/mol. The first kappa shape index (κ1) is 18.6. The molecule has 9 heteroatoms. The molecular formula is C20H15FN4O3S. The SMILES string of the molecule is O=C(Nc1ccc(S(=O)(=O)Nc2cccc(F)c2)cc1)c1cccc2cn[nH]c12. The minimum Gasteiger partial charge on any atom is -0.322 e. The first-order valence-corrected chi connectivity index (χ1v) is 10.0. The van der Waals surface area contributed by atoms with Crippen molar-refractivity contribution in [3.05, 3.63) is 84.3 Å².